The van der Waals surface area contributed by atoms with Gasteiger partial charge in [-0.2, -0.15) is 0 Å². The number of hydrogen-bond donors (Lipinski definition) is 2. The van der Waals surface area contributed by atoms with Crippen LogP contribution in [0.5, 0.6) is 0 Å². The molecule has 0 aliphatic carbocycles. The summed E-state index contributed by atoms with van der Waals surface area (Å²) in [6, 6.07) is 4.65. The van der Waals surface area contributed by atoms with E-state index in [4.69, 9.17) is 0 Å². The Labute approximate surface area is 163 Å². The molecule has 0 saturated heterocycles. The molecule has 0 unspecified atom stereocenters. The summed E-state index contributed by atoms with van der Waals surface area (Å²) in [6.45, 7) is 1.45. The molecule has 1 atom stereocenters. The van der Waals surface area contributed by atoms with Crippen molar-refractivity contribution in [2.75, 3.05) is 10.0 Å². The average molecular weight is 426 g/mol. The Morgan fingerprint density at radius 1 is 0.966 bits per heavy atom. The Morgan fingerprint density at radius 3 is 2.28 bits per heavy atom. The number of sulfonamides is 1. The lowest BCUT2D eigenvalue weighted by Gasteiger charge is -2.17. The predicted molar refractivity (Wildman–Crippen MR) is 97.6 cm³/mol. The maximum atomic E-state index is 14.4. The number of nitrogens with zero attached hydrogens (tertiary/aromatic N) is 2. The Balaban J connectivity index is 1.88. The lowest BCUT2D eigenvalue weighted by molar-refractivity contribution is 0.521. The summed E-state index contributed by atoms with van der Waals surface area (Å²) in [5, 5.41) is 2.61. The molecule has 0 saturated carbocycles. The van der Waals surface area contributed by atoms with Gasteiger partial charge in [0.15, 0.2) is 4.90 Å². The molecule has 29 heavy (non-hydrogen) atoms. The van der Waals surface area contributed by atoms with Crippen molar-refractivity contribution in [2.45, 2.75) is 17.9 Å². The number of aromatic nitrogens is 2. The van der Waals surface area contributed by atoms with Crippen LogP contribution >= 0.6 is 0 Å². The van der Waals surface area contributed by atoms with E-state index >= 15 is 0 Å². The van der Waals surface area contributed by atoms with E-state index in [-0.39, 0.29) is 17.1 Å². The maximum Gasteiger partial charge on any atom is 0.268 e. The van der Waals surface area contributed by atoms with Gasteiger partial charge in [-0.05, 0) is 43.3 Å². The summed E-state index contributed by atoms with van der Waals surface area (Å²) in [7, 11) is -4.61. The van der Waals surface area contributed by atoms with E-state index in [1.165, 1.54) is 19.2 Å². The molecule has 0 fully saturated rings. The normalized spacial score (nSPS) is 12.4. The first kappa shape index (κ1) is 20.5. The molecule has 3 rings (SSSR count). The first-order valence-electron chi connectivity index (χ1n) is 8.17. The number of nitrogens with one attached hydrogen (secondary N) is 2. The van der Waals surface area contributed by atoms with E-state index in [9.17, 15) is 26.0 Å². The van der Waals surface area contributed by atoms with Crippen LogP contribution in [0.4, 0.5) is 29.1 Å². The Morgan fingerprint density at radius 2 is 1.66 bits per heavy atom. The van der Waals surface area contributed by atoms with Gasteiger partial charge >= 0.3 is 0 Å². The number of halogens is 4. The molecule has 3 aromatic rings. The van der Waals surface area contributed by atoms with E-state index < -0.39 is 44.2 Å². The molecule has 0 spiro atoms. The maximum absolute atomic E-state index is 14.4. The highest BCUT2D eigenvalue weighted by Crippen LogP contribution is 2.28. The number of hydrogen-bond acceptors (Lipinski definition) is 5. The molecule has 0 aliphatic rings. The van der Waals surface area contributed by atoms with Crippen molar-refractivity contribution in [2.24, 2.45) is 0 Å². The second-order valence-corrected chi connectivity index (χ2v) is 7.62. The third-order valence-corrected chi connectivity index (χ3v) is 5.30. The zero-order valence-electron chi connectivity index (χ0n) is 14.8. The lowest BCUT2D eigenvalue weighted by Crippen LogP contribution is -2.18. The first-order valence-corrected chi connectivity index (χ1v) is 9.65. The molecule has 0 aliphatic heterocycles. The monoisotopic (exact) mass is 426 g/mol. The lowest BCUT2D eigenvalue weighted by atomic mass is 10.1. The van der Waals surface area contributed by atoms with E-state index in [2.05, 4.69) is 15.3 Å². The third-order valence-electron chi connectivity index (χ3n) is 3.90. The zero-order chi connectivity index (χ0) is 21.2. The van der Waals surface area contributed by atoms with Gasteiger partial charge in [-0.3, -0.25) is 4.72 Å². The smallest absolute Gasteiger partial charge is 0.268 e. The van der Waals surface area contributed by atoms with Crippen LogP contribution < -0.4 is 10.0 Å². The summed E-state index contributed by atoms with van der Waals surface area (Å²) in [4.78, 5) is 6.03. The van der Waals surface area contributed by atoms with Crippen LogP contribution in [0.2, 0.25) is 0 Å². The SMILES string of the molecule is C[C@H](Nc1cc(F)c(S(=O)(=O)Nc2ccncn2)c(F)c1)c1cc(F)ccc1F. The van der Waals surface area contributed by atoms with Gasteiger partial charge in [0.2, 0.25) is 0 Å². The van der Waals surface area contributed by atoms with E-state index in [0.717, 1.165) is 36.7 Å². The third kappa shape index (κ3) is 4.62. The minimum Gasteiger partial charge on any atom is -0.378 e. The van der Waals surface area contributed by atoms with E-state index in [0.29, 0.717) is 0 Å². The molecule has 0 bridgehead atoms. The highest BCUT2D eigenvalue weighted by atomic mass is 32.2. The quantitative estimate of drug-likeness (QED) is 0.582. The Hall–Kier alpha value is -3.21. The van der Waals surface area contributed by atoms with Crippen LogP contribution in [-0.2, 0) is 10.0 Å². The second kappa shape index (κ2) is 8.03. The van der Waals surface area contributed by atoms with E-state index in [1.54, 1.807) is 0 Å². The number of anilines is 2. The van der Waals surface area contributed by atoms with Crippen molar-refractivity contribution in [3.05, 3.63) is 77.8 Å². The van der Waals surface area contributed by atoms with Crippen molar-refractivity contribution in [3.63, 3.8) is 0 Å². The summed E-state index contributed by atoms with van der Waals surface area (Å²) in [5.74, 6) is -4.30. The van der Waals surface area contributed by atoms with Crippen LogP contribution in [0.25, 0.3) is 0 Å². The Bertz CT molecular complexity index is 1120. The molecule has 1 heterocycles. The standard InChI is InChI=1S/C18H14F4N4O2S/c1-10(13-6-11(19)2-3-14(13)20)25-12-7-15(21)18(16(22)8-12)29(27,28)26-17-4-5-23-9-24-17/h2-10,25H,1H3,(H,23,24,26)/t10-/m0/s1. The van der Waals surface area contributed by atoms with Gasteiger partial charge in [0.1, 0.15) is 35.4 Å². The van der Waals surface area contributed by atoms with Crippen molar-refractivity contribution in [1.29, 1.82) is 0 Å². The largest absolute Gasteiger partial charge is 0.378 e. The number of benzene rings is 2. The minimum atomic E-state index is -4.61. The van der Waals surface area contributed by atoms with Gasteiger partial charge in [-0.15, -0.1) is 0 Å². The highest BCUT2D eigenvalue weighted by Gasteiger charge is 2.26. The zero-order valence-corrected chi connectivity index (χ0v) is 15.6. The molecule has 2 aromatic carbocycles. The molecule has 11 heteroatoms. The molecule has 2 N–H and O–H groups in total. The molecular formula is C18H14F4N4O2S. The van der Waals surface area contributed by atoms with Crippen LogP contribution in [0.3, 0.4) is 0 Å². The molecule has 0 radical (unpaired) electrons. The van der Waals surface area contributed by atoms with Crippen LogP contribution in [-0.4, -0.2) is 18.4 Å². The fourth-order valence-electron chi connectivity index (χ4n) is 2.61. The summed E-state index contributed by atoms with van der Waals surface area (Å²) in [5.41, 5.74) is -0.218. The second-order valence-electron chi connectivity index (χ2n) is 6.00. The van der Waals surface area contributed by atoms with Crippen molar-refractivity contribution >= 4 is 21.5 Å². The molecule has 6 nitrogen and oxygen atoms in total. The van der Waals surface area contributed by atoms with Crippen LogP contribution in [0, 0.1) is 23.3 Å². The molecule has 1 aromatic heterocycles. The van der Waals surface area contributed by atoms with Gasteiger partial charge in [0.05, 0.1) is 6.04 Å². The van der Waals surface area contributed by atoms with Crippen molar-refractivity contribution in [1.82, 2.24) is 9.97 Å². The fraction of sp³-hybridized carbons (Fsp3) is 0.111. The van der Waals surface area contributed by atoms with Crippen LogP contribution in [0.15, 0.2) is 53.8 Å². The van der Waals surface area contributed by atoms with Gasteiger partial charge in [-0.1, -0.05) is 0 Å². The first-order chi connectivity index (χ1) is 13.7. The molecule has 152 valence electrons. The van der Waals surface area contributed by atoms with Gasteiger partial charge < -0.3 is 5.32 Å². The fourth-order valence-corrected chi connectivity index (χ4v) is 3.74. The topological polar surface area (TPSA) is 84.0 Å². The summed E-state index contributed by atoms with van der Waals surface area (Å²) in [6.07, 6.45) is 2.31. The average Bonchev–Trinajstić information content (AvgIpc) is 2.63. The van der Waals surface area contributed by atoms with Gasteiger partial charge in [0, 0.05) is 17.4 Å². The van der Waals surface area contributed by atoms with E-state index in [1.807, 2.05) is 4.72 Å². The van der Waals surface area contributed by atoms with Gasteiger partial charge in [-0.25, -0.2) is 35.9 Å². The Kier molecular flexibility index (Phi) is 5.69. The predicted octanol–water partition coefficient (Wildman–Crippen LogP) is 4.01. The van der Waals surface area contributed by atoms with Crippen molar-refractivity contribution < 1.29 is 26.0 Å². The number of rotatable bonds is 6. The van der Waals surface area contributed by atoms with Crippen molar-refractivity contribution in [3.8, 4) is 0 Å². The highest BCUT2D eigenvalue weighted by molar-refractivity contribution is 7.92. The minimum absolute atomic E-state index is 0.0621. The van der Waals surface area contributed by atoms with Gasteiger partial charge in [0.25, 0.3) is 10.0 Å². The molecular weight excluding hydrogens is 412 g/mol. The molecule has 0 amide bonds. The summed E-state index contributed by atoms with van der Waals surface area (Å²) < 4.78 is 82.7. The summed E-state index contributed by atoms with van der Waals surface area (Å²) >= 11 is 0. The van der Waals surface area contributed by atoms with Crippen LogP contribution in [0.1, 0.15) is 18.5 Å².